The molecule has 154 valence electrons. The van der Waals surface area contributed by atoms with Gasteiger partial charge in [0.05, 0.1) is 10.0 Å². The molecular weight excluding hydrogens is 443 g/mol. The number of benzene rings is 3. The van der Waals surface area contributed by atoms with Crippen molar-refractivity contribution in [1.82, 2.24) is 5.32 Å². The number of halogens is 2. The van der Waals surface area contributed by atoms with Crippen molar-refractivity contribution in [3.63, 3.8) is 0 Å². The maximum atomic E-state index is 12.3. The molecule has 0 aromatic heterocycles. The smallest absolute Gasteiger partial charge is 0.257 e. The van der Waals surface area contributed by atoms with E-state index in [0.29, 0.717) is 40.3 Å². The zero-order valence-electron chi connectivity index (χ0n) is 15.7. The molecule has 0 atom stereocenters. The number of thiocarbonyl (C=S) groups is 1. The van der Waals surface area contributed by atoms with Gasteiger partial charge in [-0.05, 0) is 66.8 Å². The van der Waals surface area contributed by atoms with E-state index in [1.165, 1.54) is 0 Å². The Balaban J connectivity index is 1.44. The highest BCUT2D eigenvalue weighted by atomic mass is 35.5. The molecule has 30 heavy (non-hydrogen) atoms. The predicted molar refractivity (Wildman–Crippen MR) is 124 cm³/mol. The molecule has 0 spiro atoms. The molecule has 0 aliphatic carbocycles. The summed E-state index contributed by atoms with van der Waals surface area (Å²) < 4.78 is 11.2. The largest absolute Gasteiger partial charge is 0.490 e. The van der Waals surface area contributed by atoms with Gasteiger partial charge in [0.25, 0.3) is 5.91 Å². The summed E-state index contributed by atoms with van der Waals surface area (Å²) in [6, 6.07) is 21.2. The first kappa shape index (κ1) is 21.9. The Kier molecular flexibility index (Phi) is 7.90. The van der Waals surface area contributed by atoms with Crippen LogP contribution in [0.15, 0.2) is 72.8 Å². The lowest BCUT2D eigenvalue weighted by atomic mass is 10.2. The summed E-state index contributed by atoms with van der Waals surface area (Å²) in [5.74, 6) is 1.09. The SMILES string of the molecule is O=C(NC(=S)Nc1ccc(Cl)c(Cl)c1)c1ccc(OCCOc2ccccc2)cc1. The molecule has 0 saturated carbocycles. The number of hydrogen-bond donors (Lipinski definition) is 2. The van der Waals surface area contributed by atoms with E-state index in [4.69, 9.17) is 44.9 Å². The second-order valence-corrected chi connectivity index (χ2v) is 7.29. The van der Waals surface area contributed by atoms with Crippen LogP contribution in [0.25, 0.3) is 0 Å². The zero-order chi connectivity index (χ0) is 21.3. The molecular formula is C22H18Cl2N2O3S. The van der Waals surface area contributed by atoms with Crippen molar-refractivity contribution in [3.8, 4) is 11.5 Å². The molecule has 1 amide bonds. The van der Waals surface area contributed by atoms with E-state index in [1.54, 1.807) is 42.5 Å². The van der Waals surface area contributed by atoms with Crippen LogP contribution in [0.1, 0.15) is 10.4 Å². The summed E-state index contributed by atoms with van der Waals surface area (Å²) in [4.78, 5) is 12.3. The van der Waals surface area contributed by atoms with Crippen molar-refractivity contribution in [2.24, 2.45) is 0 Å². The fourth-order valence-electron chi connectivity index (χ4n) is 2.45. The molecule has 5 nitrogen and oxygen atoms in total. The van der Waals surface area contributed by atoms with Gasteiger partial charge in [-0.1, -0.05) is 41.4 Å². The third-order valence-corrected chi connectivity index (χ3v) is 4.83. The third-order valence-electron chi connectivity index (χ3n) is 3.89. The lowest BCUT2D eigenvalue weighted by Crippen LogP contribution is -2.34. The number of ether oxygens (including phenoxy) is 2. The van der Waals surface area contributed by atoms with Gasteiger partial charge in [-0.3, -0.25) is 10.1 Å². The van der Waals surface area contributed by atoms with Gasteiger partial charge in [0, 0.05) is 11.3 Å². The maximum Gasteiger partial charge on any atom is 0.257 e. The van der Waals surface area contributed by atoms with Gasteiger partial charge >= 0.3 is 0 Å². The lowest BCUT2D eigenvalue weighted by molar-refractivity contribution is 0.0977. The summed E-state index contributed by atoms with van der Waals surface area (Å²) in [5.41, 5.74) is 1.07. The molecule has 0 unspecified atom stereocenters. The van der Waals surface area contributed by atoms with E-state index in [0.717, 1.165) is 5.75 Å². The molecule has 0 aliphatic heterocycles. The summed E-state index contributed by atoms with van der Waals surface area (Å²) in [6.45, 7) is 0.805. The van der Waals surface area contributed by atoms with Crippen LogP contribution < -0.4 is 20.1 Å². The van der Waals surface area contributed by atoms with Gasteiger partial charge < -0.3 is 14.8 Å². The second kappa shape index (κ2) is 10.8. The fourth-order valence-corrected chi connectivity index (χ4v) is 2.96. The van der Waals surface area contributed by atoms with Gasteiger partial charge in [0.2, 0.25) is 0 Å². The van der Waals surface area contributed by atoms with Crippen LogP contribution in [0.4, 0.5) is 5.69 Å². The lowest BCUT2D eigenvalue weighted by Gasteiger charge is -2.11. The standard InChI is InChI=1S/C22H18Cl2N2O3S/c23-19-11-8-16(14-20(19)24)25-22(30)26-21(27)15-6-9-18(10-7-15)29-13-12-28-17-4-2-1-3-5-17/h1-11,14H,12-13H2,(H2,25,26,27,30). The number of anilines is 1. The van der Waals surface area contributed by atoms with E-state index in [9.17, 15) is 4.79 Å². The molecule has 8 heteroatoms. The van der Waals surface area contributed by atoms with E-state index in [2.05, 4.69) is 10.6 Å². The average Bonchev–Trinajstić information content (AvgIpc) is 2.75. The van der Waals surface area contributed by atoms with Gasteiger partial charge in [-0.15, -0.1) is 0 Å². The van der Waals surface area contributed by atoms with Crippen LogP contribution in [0, 0.1) is 0 Å². The van der Waals surface area contributed by atoms with Crippen molar-refractivity contribution in [1.29, 1.82) is 0 Å². The Labute approximate surface area is 189 Å². The Hall–Kier alpha value is -2.80. The van der Waals surface area contributed by atoms with Gasteiger partial charge in [-0.25, -0.2) is 0 Å². The summed E-state index contributed by atoms with van der Waals surface area (Å²) in [6.07, 6.45) is 0. The number of para-hydroxylation sites is 1. The first-order valence-corrected chi connectivity index (χ1v) is 10.2. The van der Waals surface area contributed by atoms with Crippen molar-refractivity contribution in [3.05, 3.63) is 88.4 Å². The number of rotatable bonds is 7. The predicted octanol–water partition coefficient (Wildman–Crippen LogP) is 5.58. The van der Waals surface area contributed by atoms with E-state index in [-0.39, 0.29) is 11.0 Å². The Morgan fingerprint density at radius 2 is 1.47 bits per heavy atom. The molecule has 0 radical (unpaired) electrons. The quantitative estimate of drug-likeness (QED) is 0.356. The van der Waals surface area contributed by atoms with Crippen LogP contribution >= 0.6 is 35.4 Å². The molecule has 0 bridgehead atoms. The first-order chi connectivity index (χ1) is 14.5. The topological polar surface area (TPSA) is 59.6 Å². The summed E-state index contributed by atoms with van der Waals surface area (Å²) in [7, 11) is 0. The third kappa shape index (κ3) is 6.62. The molecule has 3 aromatic carbocycles. The second-order valence-electron chi connectivity index (χ2n) is 6.07. The summed E-state index contributed by atoms with van der Waals surface area (Å²) >= 11 is 17.0. The van der Waals surface area contributed by atoms with Gasteiger partial charge in [0.15, 0.2) is 5.11 Å². The van der Waals surface area contributed by atoms with Crippen LogP contribution in [-0.4, -0.2) is 24.2 Å². The van der Waals surface area contributed by atoms with Crippen molar-refractivity contribution in [2.45, 2.75) is 0 Å². The van der Waals surface area contributed by atoms with Crippen molar-refractivity contribution in [2.75, 3.05) is 18.5 Å². The Morgan fingerprint density at radius 1 is 0.833 bits per heavy atom. The number of hydrogen-bond acceptors (Lipinski definition) is 4. The maximum absolute atomic E-state index is 12.3. The Morgan fingerprint density at radius 3 is 2.10 bits per heavy atom. The molecule has 3 aromatic rings. The highest BCUT2D eigenvalue weighted by Crippen LogP contribution is 2.25. The Bertz CT molecular complexity index is 1010. The minimum absolute atomic E-state index is 0.150. The fraction of sp³-hybridized carbons (Fsp3) is 0.0909. The molecule has 0 aliphatic rings. The summed E-state index contributed by atoms with van der Waals surface area (Å²) in [5, 5.41) is 6.48. The first-order valence-electron chi connectivity index (χ1n) is 8.99. The van der Waals surface area contributed by atoms with E-state index < -0.39 is 0 Å². The highest BCUT2D eigenvalue weighted by molar-refractivity contribution is 7.80. The minimum Gasteiger partial charge on any atom is -0.490 e. The van der Waals surface area contributed by atoms with Crippen LogP contribution in [0.3, 0.4) is 0 Å². The van der Waals surface area contributed by atoms with E-state index >= 15 is 0 Å². The highest BCUT2D eigenvalue weighted by Gasteiger charge is 2.09. The van der Waals surface area contributed by atoms with Crippen LogP contribution in [-0.2, 0) is 0 Å². The van der Waals surface area contributed by atoms with Crippen LogP contribution in [0.5, 0.6) is 11.5 Å². The average molecular weight is 461 g/mol. The molecule has 0 saturated heterocycles. The van der Waals surface area contributed by atoms with Crippen molar-refractivity contribution >= 4 is 52.1 Å². The number of nitrogens with one attached hydrogen (secondary N) is 2. The number of carbonyl (C=O) groups excluding carboxylic acids is 1. The van der Waals surface area contributed by atoms with Crippen molar-refractivity contribution < 1.29 is 14.3 Å². The van der Waals surface area contributed by atoms with E-state index in [1.807, 2.05) is 30.3 Å². The zero-order valence-corrected chi connectivity index (χ0v) is 18.1. The molecule has 0 heterocycles. The van der Waals surface area contributed by atoms with Gasteiger partial charge in [0.1, 0.15) is 24.7 Å². The van der Waals surface area contributed by atoms with Crippen LogP contribution in [0.2, 0.25) is 10.0 Å². The number of amides is 1. The minimum atomic E-state index is -0.341. The normalized spacial score (nSPS) is 10.2. The monoisotopic (exact) mass is 460 g/mol. The molecule has 2 N–H and O–H groups in total. The number of carbonyl (C=O) groups is 1. The molecule has 3 rings (SSSR count). The molecule has 0 fully saturated rings. The van der Waals surface area contributed by atoms with Gasteiger partial charge in [-0.2, -0.15) is 0 Å².